The molecular formula is C14H23NO3. The number of unbranched alkanes of at least 4 members (excludes halogenated alkanes) is 2. The van der Waals surface area contributed by atoms with Crippen LogP contribution < -0.4 is 0 Å². The lowest BCUT2D eigenvalue weighted by Gasteiger charge is -2.14. The first-order valence-corrected chi connectivity index (χ1v) is 6.59. The molecule has 0 amide bonds. The Morgan fingerprint density at radius 3 is 2.89 bits per heavy atom. The zero-order valence-corrected chi connectivity index (χ0v) is 11.4. The second-order valence-electron chi connectivity index (χ2n) is 4.43. The summed E-state index contributed by atoms with van der Waals surface area (Å²) in [5.74, 6) is 0.908. The second-order valence-corrected chi connectivity index (χ2v) is 4.43. The number of hydrogen-bond donors (Lipinski definition) is 0. The highest BCUT2D eigenvalue weighted by molar-refractivity contribution is 5.69. The van der Waals surface area contributed by atoms with Crippen molar-refractivity contribution >= 4 is 5.97 Å². The number of carbonyl (C=O) groups excluding carboxylic acids is 1. The highest BCUT2D eigenvalue weighted by atomic mass is 16.5. The molecule has 0 unspecified atom stereocenters. The van der Waals surface area contributed by atoms with Gasteiger partial charge in [-0.2, -0.15) is 0 Å². The lowest BCUT2D eigenvalue weighted by atomic mass is 10.2. The molecule has 0 aliphatic heterocycles. The molecule has 1 aromatic heterocycles. The van der Waals surface area contributed by atoms with E-state index < -0.39 is 0 Å². The minimum absolute atomic E-state index is 0.0820. The average Bonchev–Trinajstić information content (AvgIpc) is 2.81. The molecule has 0 aromatic carbocycles. The van der Waals surface area contributed by atoms with E-state index in [4.69, 9.17) is 9.15 Å². The average molecular weight is 253 g/mol. The van der Waals surface area contributed by atoms with E-state index >= 15 is 0 Å². The van der Waals surface area contributed by atoms with Crippen molar-refractivity contribution in [2.24, 2.45) is 0 Å². The van der Waals surface area contributed by atoms with Gasteiger partial charge in [0.15, 0.2) is 0 Å². The molecule has 1 rings (SSSR count). The predicted molar refractivity (Wildman–Crippen MR) is 70.1 cm³/mol. The summed E-state index contributed by atoms with van der Waals surface area (Å²) < 4.78 is 10.2. The summed E-state index contributed by atoms with van der Waals surface area (Å²) in [6.45, 7) is 4.17. The number of rotatable bonds is 9. The smallest absolute Gasteiger partial charge is 0.305 e. The molecule has 4 nitrogen and oxygen atoms in total. The molecular weight excluding hydrogens is 230 g/mol. The molecule has 102 valence electrons. The summed E-state index contributed by atoms with van der Waals surface area (Å²) in [6.07, 6.45) is 5.30. The van der Waals surface area contributed by atoms with Crippen molar-refractivity contribution in [3.63, 3.8) is 0 Å². The Morgan fingerprint density at radius 2 is 2.22 bits per heavy atom. The van der Waals surface area contributed by atoms with E-state index in [1.807, 2.05) is 19.1 Å². The van der Waals surface area contributed by atoms with Crippen molar-refractivity contribution in [3.05, 3.63) is 24.2 Å². The van der Waals surface area contributed by atoms with Gasteiger partial charge in [-0.05, 0) is 45.5 Å². The third kappa shape index (κ3) is 6.45. The molecule has 0 aliphatic carbocycles. The van der Waals surface area contributed by atoms with Gasteiger partial charge in [0.2, 0.25) is 0 Å². The SMILES string of the molecule is CCOC(=O)CCCCCN(C)Cc1ccco1. The van der Waals surface area contributed by atoms with E-state index in [2.05, 4.69) is 11.9 Å². The van der Waals surface area contributed by atoms with E-state index in [9.17, 15) is 4.79 Å². The molecule has 1 heterocycles. The van der Waals surface area contributed by atoms with Crippen LogP contribution in [-0.2, 0) is 16.1 Å². The Balaban J connectivity index is 1.99. The maximum absolute atomic E-state index is 11.1. The summed E-state index contributed by atoms with van der Waals surface area (Å²) in [4.78, 5) is 13.3. The molecule has 0 saturated heterocycles. The number of nitrogens with zero attached hydrogens (tertiary/aromatic N) is 1. The first-order valence-electron chi connectivity index (χ1n) is 6.59. The standard InChI is InChI=1S/C14H23NO3/c1-3-17-14(16)9-5-4-6-10-15(2)12-13-8-7-11-18-13/h7-8,11H,3-6,9-10,12H2,1-2H3. The van der Waals surface area contributed by atoms with Crippen molar-refractivity contribution < 1.29 is 13.9 Å². The first-order chi connectivity index (χ1) is 8.72. The van der Waals surface area contributed by atoms with Gasteiger partial charge in [0.1, 0.15) is 5.76 Å². The third-order valence-corrected chi connectivity index (χ3v) is 2.73. The molecule has 0 fully saturated rings. The maximum atomic E-state index is 11.1. The number of hydrogen-bond acceptors (Lipinski definition) is 4. The quantitative estimate of drug-likeness (QED) is 0.501. The molecule has 0 bridgehead atoms. The van der Waals surface area contributed by atoms with Crippen LogP contribution in [0.25, 0.3) is 0 Å². The molecule has 1 aromatic rings. The van der Waals surface area contributed by atoms with Crippen LogP contribution in [0.4, 0.5) is 0 Å². The fraction of sp³-hybridized carbons (Fsp3) is 0.643. The lowest BCUT2D eigenvalue weighted by Crippen LogP contribution is -2.18. The Morgan fingerprint density at radius 1 is 1.39 bits per heavy atom. The minimum Gasteiger partial charge on any atom is -0.468 e. The Hall–Kier alpha value is -1.29. The summed E-state index contributed by atoms with van der Waals surface area (Å²) in [6, 6.07) is 3.89. The van der Waals surface area contributed by atoms with Crippen molar-refractivity contribution in [2.75, 3.05) is 20.2 Å². The highest BCUT2D eigenvalue weighted by Gasteiger charge is 2.03. The van der Waals surface area contributed by atoms with Gasteiger partial charge in [0.05, 0.1) is 19.4 Å². The van der Waals surface area contributed by atoms with Gasteiger partial charge in [-0.3, -0.25) is 9.69 Å². The van der Waals surface area contributed by atoms with Crippen LogP contribution in [-0.4, -0.2) is 31.1 Å². The maximum Gasteiger partial charge on any atom is 0.305 e. The number of furan rings is 1. The molecule has 0 aliphatic rings. The summed E-state index contributed by atoms with van der Waals surface area (Å²) in [7, 11) is 2.08. The zero-order chi connectivity index (χ0) is 13.2. The van der Waals surface area contributed by atoms with Gasteiger partial charge in [-0.25, -0.2) is 0 Å². The van der Waals surface area contributed by atoms with Crippen molar-refractivity contribution in [1.82, 2.24) is 4.90 Å². The van der Waals surface area contributed by atoms with Gasteiger partial charge >= 0.3 is 5.97 Å². The second kappa shape index (κ2) is 8.75. The largest absolute Gasteiger partial charge is 0.468 e. The third-order valence-electron chi connectivity index (χ3n) is 2.73. The van der Waals surface area contributed by atoms with Crippen molar-refractivity contribution in [3.8, 4) is 0 Å². The zero-order valence-electron chi connectivity index (χ0n) is 11.4. The van der Waals surface area contributed by atoms with E-state index in [0.717, 1.165) is 38.1 Å². The Labute approximate surface area is 109 Å². The predicted octanol–water partition coefficient (Wildman–Crippen LogP) is 2.83. The Kier molecular flexibility index (Phi) is 7.18. The minimum atomic E-state index is -0.0820. The molecule has 18 heavy (non-hydrogen) atoms. The number of ether oxygens (including phenoxy) is 1. The molecule has 0 saturated carbocycles. The Bertz CT molecular complexity index is 322. The monoisotopic (exact) mass is 253 g/mol. The van der Waals surface area contributed by atoms with Gasteiger partial charge < -0.3 is 9.15 Å². The fourth-order valence-corrected chi connectivity index (χ4v) is 1.81. The summed E-state index contributed by atoms with van der Waals surface area (Å²) in [5, 5.41) is 0. The van der Waals surface area contributed by atoms with Crippen LogP contribution in [0.2, 0.25) is 0 Å². The fourth-order valence-electron chi connectivity index (χ4n) is 1.81. The van der Waals surface area contributed by atoms with Crippen LogP contribution in [0.15, 0.2) is 22.8 Å². The van der Waals surface area contributed by atoms with E-state index in [1.165, 1.54) is 0 Å². The molecule has 0 atom stereocenters. The van der Waals surface area contributed by atoms with Crippen molar-refractivity contribution in [1.29, 1.82) is 0 Å². The van der Waals surface area contributed by atoms with Crippen LogP contribution in [0, 0.1) is 0 Å². The summed E-state index contributed by atoms with van der Waals surface area (Å²) in [5.41, 5.74) is 0. The first kappa shape index (κ1) is 14.8. The van der Waals surface area contributed by atoms with Crippen LogP contribution in [0.5, 0.6) is 0 Å². The number of esters is 1. The van der Waals surface area contributed by atoms with Crippen LogP contribution in [0.3, 0.4) is 0 Å². The van der Waals surface area contributed by atoms with Crippen LogP contribution in [0.1, 0.15) is 38.4 Å². The molecule has 4 heteroatoms. The van der Waals surface area contributed by atoms with Gasteiger partial charge in [0, 0.05) is 6.42 Å². The van der Waals surface area contributed by atoms with Gasteiger partial charge in [-0.1, -0.05) is 6.42 Å². The van der Waals surface area contributed by atoms with Gasteiger partial charge in [0.25, 0.3) is 0 Å². The molecule has 0 N–H and O–H groups in total. The van der Waals surface area contributed by atoms with E-state index in [-0.39, 0.29) is 5.97 Å². The molecule has 0 spiro atoms. The molecule has 0 radical (unpaired) electrons. The van der Waals surface area contributed by atoms with Crippen molar-refractivity contribution in [2.45, 2.75) is 39.2 Å². The van der Waals surface area contributed by atoms with Crippen LogP contribution >= 0.6 is 0 Å². The highest BCUT2D eigenvalue weighted by Crippen LogP contribution is 2.06. The topological polar surface area (TPSA) is 42.7 Å². The number of carbonyl (C=O) groups is 1. The van der Waals surface area contributed by atoms with E-state index in [1.54, 1.807) is 6.26 Å². The summed E-state index contributed by atoms with van der Waals surface area (Å²) >= 11 is 0. The lowest BCUT2D eigenvalue weighted by molar-refractivity contribution is -0.143. The van der Waals surface area contributed by atoms with E-state index in [0.29, 0.717) is 13.0 Å². The normalized spacial score (nSPS) is 10.8. The van der Waals surface area contributed by atoms with Gasteiger partial charge in [-0.15, -0.1) is 0 Å².